The Hall–Kier alpha value is -2.79. The van der Waals surface area contributed by atoms with Crippen molar-refractivity contribution in [3.8, 4) is 11.1 Å². The molecule has 3 nitrogen and oxygen atoms in total. The standard InChI is InChI=1S/C18H11FN2OS/c19-15-4-2-1-3-13(15)17(22)14-9-21-18-16(14)12(5-7-20-18)11-6-8-23-10-11/h1-10H,(H,20,21). The fourth-order valence-corrected chi connectivity index (χ4v) is 3.34. The van der Waals surface area contributed by atoms with Crippen LogP contribution in [-0.2, 0) is 0 Å². The third kappa shape index (κ3) is 2.26. The normalized spacial score (nSPS) is 11.0. The van der Waals surface area contributed by atoms with Crippen LogP contribution in [0.2, 0.25) is 0 Å². The summed E-state index contributed by atoms with van der Waals surface area (Å²) >= 11 is 1.58. The summed E-state index contributed by atoms with van der Waals surface area (Å²) in [5.41, 5.74) is 3.04. The van der Waals surface area contributed by atoms with E-state index in [2.05, 4.69) is 9.97 Å². The topological polar surface area (TPSA) is 45.8 Å². The number of carbonyl (C=O) groups excluding carboxylic acids is 1. The lowest BCUT2D eigenvalue weighted by molar-refractivity contribution is 0.103. The quantitative estimate of drug-likeness (QED) is 0.558. The van der Waals surface area contributed by atoms with Crippen LogP contribution in [0.4, 0.5) is 4.39 Å². The maximum absolute atomic E-state index is 14.0. The van der Waals surface area contributed by atoms with Crippen LogP contribution in [0.5, 0.6) is 0 Å². The van der Waals surface area contributed by atoms with Crippen molar-refractivity contribution in [2.24, 2.45) is 0 Å². The first-order valence-electron chi connectivity index (χ1n) is 7.03. The van der Waals surface area contributed by atoms with E-state index in [9.17, 15) is 9.18 Å². The molecule has 3 aromatic heterocycles. The van der Waals surface area contributed by atoms with Gasteiger partial charge in [0.2, 0.25) is 0 Å². The Morgan fingerprint density at radius 3 is 2.78 bits per heavy atom. The molecule has 23 heavy (non-hydrogen) atoms. The first kappa shape index (κ1) is 13.8. The first-order chi connectivity index (χ1) is 11.3. The van der Waals surface area contributed by atoms with Gasteiger partial charge in [0.05, 0.1) is 11.1 Å². The van der Waals surface area contributed by atoms with Gasteiger partial charge in [0.25, 0.3) is 0 Å². The van der Waals surface area contributed by atoms with Gasteiger partial charge in [-0.25, -0.2) is 9.37 Å². The van der Waals surface area contributed by atoms with Crippen LogP contribution in [-0.4, -0.2) is 15.8 Å². The third-order valence-electron chi connectivity index (χ3n) is 3.77. The lowest BCUT2D eigenvalue weighted by atomic mass is 9.98. The number of benzene rings is 1. The van der Waals surface area contributed by atoms with E-state index in [0.29, 0.717) is 11.2 Å². The lowest BCUT2D eigenvalue weighted by Gasteiger charge is -2.05. The van der Waals surface area contributed by atoms with Crippen molar-refractivity contribution >= 4 is 28.2 Å². The predicted molar refractivity (Wildman–Crippen MR) is 89.2 cm³/mol. The van der Waals surface area contributed by atoms with Crippen LogP contribution >= 0.6 is 11.3 Å². The van der Waals surface area contributed by atoms with Gasteiger partial charge in [0.1, 0.15) is 11.5 Å². The highest BCUT2D eigenvalue weighted by Gasteiger charge is 2.20. The lowest BCUT2D eigenvalue weighted by Crippen LogP contribution is -2.03. The van der Waals surface area contributed by atoms with Crippen molar-refractivity contribution in [1.82, 2.24) is 9.97 Å². The summed E-state index contributed by atoms with van der Waals surface area (Å²) in [7, 11) is 0. The van der Waals surface area contributed by atoms with Gasteiger partial charge in [0.15, 0.2) is 5.78 Å². The van der Waals surface area contributed by atoms with E-state index in [1.54, 1.807) is 35.9 Å². The molecule has 0 aliphatic heterocycles. The van der Waals surface area contributed by atoms with E-state index >= 15 is 0 Å². The van der Waals surface area contributed by atoms with Crippen molar-refractivity contribution in [3.63, 3.8) is 0 Å². The molecule has 0 saturated heterocycles. The molecule has 0 aliphatic rings. The summed E-state index contributed by atoms with van der Waals surface area (Å²) in [5, 5.41) is 4.71. The molecule has 112 valence electrons. The van der Waals surface area contributed by atoms with Crippen molar-refractivity contribution in [2.45, 2.75) is 0 Å². The smallest absolute Gasteiger partial charge is 0.198 e. The number of H-pyrrole nitrogens is 1. The Morgan fingerprint density at radius 2 is 2.00 bits per heavy atom. The van der Waals surface area contributed by atoms with E-state index in [0.717, 1.165) is 16.5 Å². The molecule has 0 bridgehead atoms. The maximum atomic E-state index is 14.0. The number of halogens is 1. The molecule has 4 aromatic rings. The van der Waals surface area contributed by atoms with E-state index in [4.69, 9.17) is 0 Å². The number of rotatable bonds is 3. The van der Waals surface area contributed by atoms with E-state index < -0.39 is 5.82 Å². The summed E-state index contributed by atoms with van der Waals surface area (Å²) in [4.78, 5) is 20.1. The molecule has 5 heteroatoms. The minimum atomic E-state index is -0.521. The average molecular weight is 322 g/mol. The fourth-order valence-electron chi connectivity index (χ4n) is 2.68. The summed E-state index contributed by atoms with van der Waals surface area (Å²) < 4.78 is 14.0. The number of fused-ring (bicyclic) bond motifs is 1. The second-order valence-electron chi connectivity index (χ2n) is 5.11. The van der Waals surface area contributed by atoms with Gasteiger partial charge in [-0.05, 0) is 46.2 Å². The van der Waals surface area contributed by atoms with Gasteiger partial charge >= 0.3 is 0 Å². The number of aromatic amines is 1. The molecule has 3 heterocycles. The number of thiophene rings is 1. The number of hydrogen-bond acceptors (Lipinski definition) is 3. The second kappa shape index (κ2) is 5.44. The maximum Gasteiger partial charge on any atom is 0.198 e. The second-order valence-corrected chi connectivity index (χ2v) is 5.89. The van der Waals surface area contributed by atoms with E-state index in [1.807, 2.05) is 22.9 Å². The largest absolute Gasteiger partial charge is 0.345 e. The monoisotopic (exact) mass is 322 g/mol. The van der Waals surface area contributed by atoms with Crippen molar-refractivity contribution < 1.29 is 9.18 Å². The number of aromatic nitrogens is 2. The van der Waals surface area contributed by atoms with Crippen molar-refractivity contribution in [3.05, 3.63) is 76.5 Å². The molecular formula is C18H11FN2OS. The number of hydrogen-bond donors (Lipinski definition) is 1. The molecular weight excluding hydrogens is 311 g/mol. The molecule has 1 aromatic carbocycles. The van der Waals surface area contributed by atoms with Crippen molar-refractivity contribution in [2.75, 3.05) is 0 Å². The molecule has 0 aliphatic carbocycles. The third-order valence-corrected chi connectivity index (χ3v) is 4.45. The highest BCUT2D eigenvalue weighted by Crippen LogP contribution is 2.32. The molecule has 0 amide bonds. The van der Waals surface area contributed by atoms with Gasteiger partial charge in [0, 0.05) is 17.8 Å². The summed E-state index contributed by atoms with van der Waals surface area (Å²) in [6.07, 6.45) is 3.30. The van der Waals surface area contributed by atoms with Crippen molar-refractivity contribution in [1.29, 1.82) is 0 Å². The first-order valence-corrected chi connectivity index (χ1v) is 7.98. The van der Waals surface area contributed by atoms with Gasteiger partial charge in [-0.1, -0.05) is 12.1 Å². The summed E-state index contributed by atoms with van der Waals surface area (Å²) in [6, 6.07) is 9.88. The molecule has 0 fully saturated rings. The highest BCUT2D eigenvalue weighted by molar-refractivity contribution is 7.08. The predicted octanol–water partition coefficient (Wildman–Crippen LogP) is 4.66. The zero-order valence-corrected chi connectivity index (χ0v) is 12.7. The molecule has 0 radical (unpaired) electrons. The van der Waals surface area contributed by atoms with Gasteiger partial charge in [-0.3, -0.25) is 4.79 Å². The molecule has 4 rings (SSSR count). The van der Waals surface area contributed by atoms with Crippen LogP contribution in [0.15, 0.2) is 59.6 Å². The fraction of sp³-hybridized carbons (Fsp3) is 0. The SMILES string of the molecule is O=C(c1ccccc1F)c1c[nH]c2nccc(-c3ccsc3)c12. The number of nitrogens with zero attached hydrogens (tertiary/aromatic N) is 1. The zero-order valence-electron chi connectivity index (χ0n) is 11.9. The van der Waals surface area contributed by atoms with Crippen LogP contribution < -0.4 is 0 Å². The Balaban J connectivity index is 1.95. The number of ketones is 1. The molecule has 0 spiro atoms. The Morgan fingerprint density at radius 1 is 1.13 bits per heavy atom. The van der Waals surface area contributed by atoms with E-state index in [1.165, 1.54) is 12.1 Å². The molecule has 0 unspecified atom stereocenters. The van der Waals surface area contributed by atoms with Gasteiger partial charge in [-0.2, -0.15) is 11.3 Å². The Kier molecular flexibility index (Phi) is 3.28. The molecule has 1 N–H and O–H groups in total. The highest BCUT2D eigenvalue weighted by atomic mass is 32.1. The van der Waals surface area contributed by atoms with Gasteiger partial charge < -0.3 is 4.98 Å². The van der Waals surface area contributed by atoms with Crippen LogP contribution in [0.1, 0.15) is 15.9 Å². The number of pyridine rings is 1. The summed E-state index contributed by atoms with van der Waals surface area (Å²) in [5.74, 6) is -0.869. The molecule has 0 saturated carbocycles. The van der Waals surface area contributed by atoms with Crippen LogP contribution in [0.25, 0.3) is 22.2 Å². The Labute approximate surface area is 135 Å². The zero-order chi connectivity index (χ0) is 15.8. The number of carbonyl (C=O) groups is 1. The molecule has 0 atom stereocenters. The van der Waals surface area contributed by atoms with Crippen LogP contribution in [0, 0.1) is 5.82 Å². The van der Waals surface area contributed by atoms with Crippen LogP contribution in [0.3, 0.4) is 0 Å². The average Bonchev–Trinajstić information content (AvgIpc) is 3.24. The van der Waals surface area contributed by atoms with Gasteiger partial charge in [-0.15, -0.1) is 0 Å². The minimum absolute atomic E-state index is 0.0634. The Bertz CT molecular complexity index is 1000. The minimum Gasteiger partial charge on any atom is -0.345 e. The summed E-state index contributed by atoms with van der Waals surface area (Å²) in [6.45, 7) is 0. The van der Waals surface area contributed by atoms with E-state index in [-0.39, 0.29) is 11.3 Å². The number of nitrogens with one attached hydrogen (secondary N) is 1.